The molecule has 0 saturated heterocycles. The molecular weight excluding hydrogens is 280 g/mol. The topological polar surface area (TPSA) is 55.8 Å². The van der Waals surface area contributed by atoms with Crippen molar-refractivity contribution in [3.63, 3.8) is 0 Å². The number of rotatable bonds is 4. The molecule has 1 N–H and O–H groups in total. The van der Waals surface area contributed by atoms with Gasteiger partial charge in [0.2, 0.25) is 0 Å². The summed E-state index contributed by atoms with van der Waals surface area (Å²) >= 11 is 6.17. The highest BCUT2D eigenvalue weighted by Crippen LogP contribution is 2.37. The summed E-state index contributed by atoms with van der Waals surface area (Å²) in [5.41, 5.74) is 1.57. The van der Waals surface area contributed by atoms with Crippen LogP contribution in [0.3, 0.4) is 0 Å². The Kier molecular flexibility index (Phi) is 4.15. The predicted octanol–water partition coefficient (Wildman–Crippen LogP) is 3.72. The fourth-order valence-corrected chi connectivity index (χ4v) is 2.17. The summed E-state index contributed by atoms with van der Waals surface area (Å²) in [7, 11) is 3.13. The molecule has 0 aromatic heterocycles. The van der Waals surface area contributed by atoms with E-state index >= 15 is 0 Å². The van der Waals surface area contributed by atoms with Crippen molar-refractivity contribution in [1.29, 1.82) is 0 Å². The molecule has 0 aliphatic carbocycles. The Morgan fingerprint density at radius 3 is 2.35 bits per heavy atom. The minimum atomic E-state index is -1.02. The first kappa shape index (κ1) is 14.2. The zero-order chi connectivity index (χ0) is 14.7. The van der Waals surface area contributed by atoms with E-state index in [-0.39, 0.29) is 5.56 Å². The number of halogens is 1. The number of benzene rings is 2. The van der Waals surface area contributed by atoms with Crippen molar-refractivity contribution >= 4 is 17.6 Å². The lowest BCUT2D eigenvalue weighted by Gasteiger charge is -2.12. The van der Waals surface area contributed by atoms with Gasteiger partial charge in [-0.05, 0) is 30.3 Å². The number of carboxylic acid groups (broad SMARTS) is 1. The number of hydrogen-bond donors (Lipinski definition) is 1. The Morgan fingerprint density at radius 2 is 1.80 bits per heavy atom. The van der Waals surface area contributed by atoms with Gasteiger partial charge >= 0.3 is 5.97 Å². The molecule has 104 valence electrons. The summed E-state index contributed by atoms with van der Waals surface area (Å²) in [6.45, 7) is 0. The maximum atomic E-state index is 10.9. The summed E-state index contributed by atoms with van der Waals surface area (Å²) in [6.07, 6.45) is 0. The van der Waals surface area contributed by atoms with E-state index in [1.807, 2.05) is 0 Å². The first-order valence-electron chi connectivity index (χ1n) is 5.82. The molecular formula is C15H13ClO4. The molecule has 0 amide bonds. The van der Waals surface area contributed by atoms with Crippen LogP contribution in [0.4, 0.5) is 0 Å². The van der Waals surface area contributed by atoms with Crippen molar-refractivity contribution in [2.75, 3.05) is 14.2 Å². The minimum absolute atomic E-state index is 0.139. The molecule has 0 aliphatic heterocycles. The second-order valence-electron chi connectivity index (χ2n) is 4.07. The third-order valence-electron chi connectivity index (χ3n) is 2.91. The zero-order valence-corrected chi connectivity index (χ0v) is 11.8. The normalized spacial score (nSPS) is 10.2. The summed E-state index contributed by atoms with van der Waals surface area (Å²) in [6, 6.07) is 9.92. The van der Waals surface area contributed by atoms with E-state index in [9.17, 15) is 4.79 Å². The van der Waals surface area contributed by atoms with Crippen LogP contribution in [0.25, 0.3) is 11.1 Å². The summed E-state index contributed by atoms with van der Waals surface area (Å²) < 4.78 is 10.5. The summed E-state index contributed by atoms with van der Waals surface area (Å²) in [5, 5.41) is 9.29. The molecule has 0 bridgehead atoms. The third kappa shape index (κ3) is 2.70. The van der Waals surface area contributed by atoms with Gasteiger partial charge in [0, 0.05) is 16.1 Å². The van der Waals surface area contributed by atoms with Crippen LogP contribution < -0.4 is 9.47 Å². The van der Waals surface area contributed by atoms with Gasteiger partial charge in [-0.1, -0.05) is 17.7 Å². The van der Waals surface area contributed by atoms with E-state index in [0.717, 1.165) is 5.56 Å². The highest BCUT2D eigenvalue weighted by molar-refractivity contribution is 6.33. The minimum Gasteiger partial charge on any atom is -0.497 e. The van der Waals surface area contributed by atoms with E-state index < -0.39 is 5.97 Å². The van der Waals surface area contributed by atoms with Crippen LogP contribution in [0.1, 0.15) is 10.4 Å². The molecule has 0 radical (unpaired) electrons. The molecule has 2 aromatic rings. The number of hydrogen-bond acceptors (Lipinski definition) is 3. The maximum Gasteiger partial charge on any atom is 0.335 e. The highest BCUT2D eigenvalue weighted by atomic mass is 35.5. The first-order chi connectivity index (χ1) is 9.56. The molecule has 0 spiro atoms. The summed E-state index contributed by atoms with van der Waals surface area (Å²) in [5.74, 6) is 0.283. The smallest absolute Gasteiger partial charge is 0.335 e. The largest absolute Gasteiger partial charge is 0.497 e. The molecule has 2 aromatic carbocycles. The highest BCUT2D eigenvalue weighted by Gasteiger charge is 2.13. The van der Waals surface area contributed by atoms with E-state index in [1.165, 1.54) is 12.1 Å². The Balaban J connectivity index is 2.58. The van der Waals surface area contributed by atoms with Crippen LogP contribution in [0.15, 0.2) is 36.4 Å². The van der Waals surface area contributed by atoms with Gasteiger partial charge in [-0.3, -0.25) is 0 Å². The average molecular weight is 293 g/mol. The number of carbonyl (C=O) groups is 1. The van der Waals surface area contributed by atoms with Crippen molar-refractivity contribution in [1.82, 2.24) is 0 Å². The molecule has 0 heterocycles. The molecule has 0 aliphatic rings. The zero-order valence-electron chi connectivity index (χ0n) is 11.0. The molecule has 0 saturated carbocycles. The number of ether oxygens (including phenoxy) is 2. The molecule has 5 heteroatoms. The monoisotopic (exact) mass is 292 g/mol. The first-order valence-corrected chi connectivity index (χ1v) is 6.20. The van der Waals surface area contributed by atoms with Crippen LogP contribution in [0.5, 0.6) is 11.5 Å². The van der Waals surface area contributed by atoms with Gasteiger partial charge < -0.3 is 14.6 Å². The second kappa shape index (κ2) is 5.84. The van der Waals surface area contributed by atoms with Gasteiger partial charge in [-0.15, -0.1) is 0 Å². The fraction of sp³-hybridized carbons (Fsp3) is 0.133. The fourth-order valence-electron chi connectivity index (χ4n) is 1.89. The number of methoxy groups -OCH3 is 2. The molecule has 0 unspecified atom stereocenters. The second-order valence-corrected chi connectivity index (χ2v) is 4.47. The van der Waals surface area contributed by atoms with Crippen LogP contribution in [-0.2, 0) is 0 Å². The van der Waals surface area contributed by atoms with E-state index in [4.69, 9.17) is 26.2 Å². The van der Waals surface area contributed by atoms with Crippen LogP contribution in [-0.4, -0.2) is 25.3 Å². The van der Waals surface area contributed by atoms with Crippen LogP contribution in [0.2, 0.25) is 5.02 Å². The third-order valence-corrected chi connectivity index (χ3v) is 3.23. The van der Waals surface area contributed by atoms with E-state index in [2.05, 4.69) is 0 Å². The van der Waals surface area contributed by atoms with E-state index in [1.54, 1.807) is 38.5 Å². The van der Waals surface area contributed by atoms with Gasteiger partial charge in [0.15, 0.2) is 0 Å². The molecule has 0 atom stereocenters. The Hall–Kier alpha value is -2.20. The maximum absolute atomic E-state index is 10.9. The predicted molar refractivity (Wildman–Crippen MR) is 77.0 cm³/mol. The van der Waals surface area contributed by atoms with Crippen molar-refractivity contribution in [2.45, 2.75) is 0 Å². The average Bonchev–Trinajstić information content (AvgIpc) is 2.46. The Morgan fingerprint density at radius 1 is 1.05 bits per heavy atom. The number of aromatic carboxylic acids is 1. The standard InChI is InChI=1S/C15H13ClO4/c1-19-10-4-6-14(20-2)12(8-10)11-5-3-9(15(17)18)7-13(11)16/h3-8H,1-2H3,(H,17,18). The molecule has 4 nitrogen and oxygen atoms in total. The Labute approximate surface area is 121 Å². The van der Waals surface area contributed by atoms with Crippen molar-refractivity contribution in [2.24, 2.45) is 0 Å². The van der Waals surface area contributed by atoms with E-state index in [0.29, 0.717) is 22.1 Å². The van der Waals surface area contributed by atoms with Crippen molar-refractivity contribution in [3.05, 3.63) is 47.0 Å². The van der Waals surface area contributed by atoms with Gasteiger partial charge in [-0.2, -0.15) is 0 Å². The van der Waals surface area contributed by atoms with Crippen LogP contribution >= 0.6 is 11.6 Å². The summed E-state index contributed by atoms with van der Waals surface area (Å²) in [4.78, 5) is 10.9. The lowest BCUT2D eigenvalue weighted by atomic mass is 10.0. The van der Waals surface area contributed by atoms with Gasteiger partial charge in [0.05, 0.1) is 19.8 Å². The van der Waals surface area contributed by atoms with Crippen molar-refractivity contribution in [3.8, 4) is 22.6 Å². The molecule has 2 rings (SSSR count). The lowest BCUT2D eigenvalue weighted by molar-refractivity contribution is 0.0697. The quantitative estimate of drug-likeness (QED) is 0.933. The SMILES string of the molecule is COc1ccc(OC)c(-c2ccc(C(=O)O)cc2Cl)c1. The van der Waals surface area contributed by atoms with Crippen molar-refractivity contribution < 1.29 is 19.4 Å². The molecule has 20 heavy (non-hydrogen) atoms. The van der Waals surface area contributed by atoms with Gasteiger partial charge in [0.1, 0.15) is 11.5 Å². The number of carboxylic acids is 1. The van der Waals surface area contributed by atoms with Crippen LogP contribution in [0, 0.1) is 0 Å². The lowest BCUT2D eigenvalue weighted by Crippen LogP contribution is -1.97. The Bertz CT molecular complexity index is 652. The van der Waals surface area contributed by atoms with Gasteiger partial charge in [-0.25, -0.2) is 4.79 Å². The van der Waals surface area contributed by atoms with Gasteiger partial charge in [0.25, 0.3) is 0 Å². The molecule has 0 fully saturated rings.